The van der Waals surface area contributed by atoms with Crippen LogP contribution in [0.3, 0.4) is 0 Å². The van der Waals surface area contributed by atoms with Crippen LogP contribution in [0.15, 0.2) is 42.7 Å². The van der Waals surface area contributed by atoms with Gasteiger partial charge in [0.25, 0.3) is 5.91 Å². The van der Waals surface area contributed by atoms with E-state index in [0.717, 1.165) is 5.69 Å². The molecule has 2 aromatic rings. The summed E-state index contributed by atoms with van der Waals surface area (Å²) in [5.74, 6) is -0.276. The average molecular weight is 275 g/mol. The van der Waals surface area contributed by atoms with Crippen LogP contribution in [0, 0.1) is 0 Å². The maximum atomic E-state index is 11.9. The minimum Gasteiger partial charge on any atom is -0.389 e. The number of carbonyl (C=O) groups excluding carboxylic acids is 1. The maximum Gasteiger partial charge on any atom is 0.254 e. The summed E-state index contributed by atoms with van der Waals surface area (Å²) in [6.45, 7) is 0.326. The SMILES string of the molecule is COCC(O)CNC(=O)c1cnn(-c2ccccc2)c1. The fourth-order valence-electron chi connectivity index (χ4n) is 1.73. The first-order chi connectivity index (χ1) is 9.70. The molecule has 1 aromatic heterocycles. The molecule has 1 atom stereocenters. The molecule has 1 amide bonds. The molecule has 6 heteroatoms. The van der Waals surface area contributed by atoms with Gasteiger partial charge in [-0.05, 0) is 12.1 Å². The van der Waals surface area contributed by atoms with Crippen LogP contribution in [-0.4, -0.2) is 47.2 Å². The number of amides is 1. The summed E-state index contributed by atoms with van der Waals surface area (Å²) in [5, 5.41) is 16.2. The van der Waals surface area contributed by atoms with Crippen molar-refractivity contribution in [2.24, 2.45) is 0 Å². The van der Waals surface area contributed by atoms with Crippen molar-refractivity contribution >= 4 is 5.91 Å². The predicted octanol–water partition coefficient (Wildman–Crippen LogP) is 0.609. The first-order valence-electron chi connectivity index (χ1n) is 6.26. The Labute approximate surface area is 117 Å². The van der Waals surface area contributed by atoms with E-state index in [1.54, 1.807) is 10.9 Å². The third kappa shape index (κ3) is 3.66. The van der Waals surface area contributed by atoms with Crippen molar-refractivity contribution in [3.8, 4) is 5.69 Å². The molecule has 2 rings (SSSR count). The highest BCUT2D eigenvalue weighted by molar-refractivity contribution is 5.93. The monoisotopic (exact) mass is 275 g/mol. The van der Waals surface area contributed by atoms with Gasteiger partial charge in [0.15, 0.2) is 0 Å². The molecular weight excluding hydrogens is 258 g/mol. The quantitative estimate of drug-likeness (QED) is 0.810. The summed E-state index contributed by atoms with van der Waals surface area (Å²) in [6.07, 6.45) is 2.42. The summed E-state index contributed by atoms with van der Waals surface area (Å²) >= 11 is 0. The highest BCUT2D eigenvalue weighted by Crippen LogP contribution is 2.07. The Balaban J connectivity index is 1.97. The van der Waals surface area contributed by atoms with E-state index < -0.39 is 6.10 Å². The fraction of sp³-hybridized carbons (Fsp3) is 0.286. The molecule has 0 saturated carbocycles. The molecule has 0 aliphatic carbocycles. The number of aliphatic hydroxyl groups is 1. The van der Waals surface area contributed by atoms with Crippen molar-refractivity contribution in [3.63, 3.8) is 0 Å². The second kappa shape index (κ2) is 6.83. The van der Waals surface area contributed by atoms with E-state index in [4.69, 9.17) is 4.74 Å². The molecule has 0 saturated heterocycles. The Morgan fingerprint density at radius 1 is 1.45 bits per heavy atom. The number of nitrogens with zero attached hydrogens (tertiary/aromatic N) is 2. The van der Waals surface area contributed by atoms with E-state index in [0.29, 0.717) is 5.56 Å². The van der Waals surface area contributed by atoms with E-state index in [-0.39, 0.29) is 19.1 Å². The predicted molar refractivity (Wildman–Crippen MR) is 73.8 cm³/mol. The lowest BCUT2D eigenvalue weighted by Gasteiger charge is -2.09. The van der Waals surface area contributed by atoms with Crippen LogP contribution in [0.5, 0.6) is 0 Å². The number of hydrogen-bond acceptors (Lipinski definition) is 4. The third-order valence-electron chi connectivity index (χ3n) is 2.72. The van der Waals surface area contributed by atoms with Gasteiger partial charge in [0.1, 0.15) is 0 Å². The summed E-state index contributed by atoms with van der Waals surface area (Å²) in [7, 11) is 1.49. The summed E-state index contributed by atoms with van der Waals surface area (Å²) in [5.41, 5.74) is 1.32. The largest absolute Gasteiger partial charge is 0.389 e. The van der Waals surface area contributed by atoms with Gasteiger partial charge in [0, 0.05) is 19.9 Å². The van der Waals surface area contributed by atoms with Crippen molar-refractivity contribution in [3.05, 3.63) is 48.3 Å². The van der Waals surface area contributed by atoms with Crippen LogP contribution in [0.1, 0.15) is 10.4 Å². The Morgan fingerprint density at radius 3 is 2.90 bits per heavy atom. The second-order valence-electron chi connectivity index (χ2n) is 4.33. The molecular formula is C14H17N3O3. The van der Waals surface area contributed by atoms with E-state index >= 15 is 0 Å². The van der Waals surface area contributed by atoms with Gasteiger partial charge in [-0.3, -0.25) is 4.79 Å². The number of carbonyl (C=O) groups is 1. The van der Waals surface area contributed by atoms with Crippen molar-refractivity contribution in [1.82, 2.24) is 15.1 Å². The minimum absolute atomic E-state index is 0.142. The Kier molecular flexibility index (Phi) is 4.86. The number of benzene rings is 1. The number of ether oxygens (including phenoxy) is 1. The maximum absolute atomic E-state index is 11.9. The van der Waals surface area contributed by atoms with E-state index in [1.165, 1.54) is 13.3 Å². The third-order valence-corrected chi connectivity index (χ3v) is 2.72. The molecule has 6 nitrogen and oxygen atoms in total. The summed E-state index contributed by atoms with van der Waals surface area (Å²) in [6, 6.07) is 9.52. The van der Waals surface area contributed by atoms with E-state index in [1.807, 2.05) is 30.3 Å². The lowest BCUT2D eigenvalue weighted by Crippen LogP contribution is -2.34. The normalized spacial score (nSPS) is 12.1. The molecule has 0 aliphatic heterocycles. The van der Waals surface area contributed by atoms with Gasteiger partial charge in [0.2, 0.25) is 0 Å². The molecule has 0 aliphatic rings. The van der Waals surface area contributed by atoms with Crippen molar-refractivity contribution in [1.29, 1.82) is 0 Å². The molecule has 2 N–H and O–H groups in total. The smallest absolute Gasteiger partial charge is 0.254 e. The number of methoxy groups -OCH3 is 1. The molecule has 106 valence electrons. The van der Waals surface area contributed by atoms with Crippen LogP contribution >= 0.6 is 0 Å². The van der Waals surface area contributed by atoms with Crippen LogP contribution in [0.2, 0.25) is 0 Å². The topological polar surface area (TPSA) is 76.4 Å². The molecule has 0 fully saturated rings. The first-order valence-corrected chi connectivity index (χ1v) is 6.26. The Hall–Kier alpha value is -2.18. The molecule has 0 spiro atoms. The van der Waals surface area contributed by atoms with Crippen molar-refractivity contribution in [2.75, 3.05) is 20.3 Å². The summed E-state index contributed by atoms with van der Waals surface area (Å²) in [4.78, 5) is 11.9. The first kappa shape index (κ1) is 14.2. The summed E-state index contributed by atoms with van der Waals surface area (Å²) < 4.78 is 6.41. The van der Waals surface area contributed by atoms with Gasteiger partial charge in [-0.1, -0.05) is 18.2 Å². The highest BCUT2D eigenvalue weighted by Gasteiger charge is 2.11. The molecule has 1 unspecified atom stereocenters. The van der Waals surface area contributed by atoms with E-state index in [2.05, 4.69) is 10.4 Å². The lowest BCUT2D eigenvalue weighted by molar-refractivity contribution is 0.0610. The average Bonchev–Trinajstić information content (AvgIpc) is 2.96. The van der Waals surface area contributed by atoms with Gasteiger partial charge in [-0.2, -0.15) is 5.10 Å². The van der Waals surface area contributed by atoms with Crippen LogP contribution in [-0.2, 0) is 4.74 Å². The molecule has 20 heavy (non-hydrogen) atoms. The van der Waals surface area contributed by atoms with Gasteiger partial charge < -0.3 is 15.2 Å². The minimum atomic E-state index is -0.715. The van der Waals surface area contributed by atoms with Gasteiger partial charge in [0.05, 0.1) is 30.2 Å². The van der Waals surface area contributed by atoms with Crippen LogP contribution in [0.25, 0.3) is 5.69 Å². The number of hydrogen-bond donors (Lipinski definition) is 2. The fourth-order valence-corrected chi connectivity index (χ4v) is 1.73. The Morgan fingerprint density at radius 2 is 2.20 bits per heavy atom. The van der Waals surface area contributed by atoms with Crippen molar-refractivity contribution < 1.29 is 14.6 Å². The zero-order valence-corrected chi connectivity index (χ0v) is 11.2. The number of aliphatic hydroxyl groups excluding tert-OH is 1. The standard InChI is InChI=1S/C14H17N3O3/c1-20-10-13(18)8-15-14(19)11-7-16-17(9-11)12-5-3-2-4-6-12/h2-7,9,13,18H,8,10H2,1H3,(H,15,19). The number of rotatable bonds is 6. The van der Waals surface area contributed by atoms with E-state index in [9.17, 15) is 9.90 Å². The molecule has 0 bridgehead atoms. The lowest BCUT2D eigenvalue weighted by atomic mass is 10.3. The van der Waals surface area contributed by atoms with Crippen molar-refractivity contribution in [2.45, 2.75) is 6.10 Å². The molecule has 1 aromatic carbocycles. The zero-order valence-electron chi connectivity index (χ0n) is 11.2. The van der Waals surface area contributed by atoms with Gasteiger partial charge in [-0.25, -0.2) is 4.68 Å². The highest BCUT2D eigenvalue weighted by atomic mass is 16.5. The van der Waals surface area contributed by atoms with Gasteiger partial charge >= 0.3 is 0 Å². The van der Waals surface area contributed by atoms with Gasteiger partial charge in [-0.15, -0.1) is 0 Å². The van der Waals surface area contributed by atoms with Crippen LogP contribution in [0.4, 0.5) is 0 Å². The second-order valence-corrected chi connectivity index (χ2v) is 4.33. The molecule has 1 heterocycles. The number of nitrogens with one attached hydrogen (secondary N) is 1. The van der Waals surface area contributed by atoms with Crippen LogP contribution < -0.4 is 5.32 Å². The number of aromatic nitrogens is 2. The zero-order chi connectivity index (χ0) is 14.4. The number of para-hydroxylation sites is 1. The molecule has 0 radical (unpaired) electrons. The Bertz CT molecular complexity index is 554.